The van der Waals surface area contributed by atoms with Gasteiger partial charge in [0.2, 0.25) is 0 Å². The van der Waals surface area contributed by atoms with E-state index in [2.05, 4.69) is 11.6 Å². The number of ether oxygens (including phenoxy) is 1. The van der Waals surface area contributed by atoms with Gasteiger partial charge in [-0.25, -0.2) is 4.79 Å². The van der Waals surface area contributed by atoms with Crippen LogP contribution in [0.4, 0.5) is 0 Å². The highest BCUT2D eigenvalue weighted by atomic mass is 33.1. The fraction of sp³-hybridized carbons (Fsp3) is 0.500. The van der Waals surface area contributed by atoms with Crippen molar-refractivity contribution < 1.29 is 24.3 Å². The van der Waals surface area contributed by atoms with E-state index in [1.54, 1.807) is 6.08 Å². The number of hydrogen-bond donors (Lipinski definition) is 2. The van der Waals surface area contributed by atoms with Crippen LogP contribution in [0.3, 0.4) is 0 Å². The molecular weight excluding hydrogens is 460 g/mol. The van der Waals surface area contributed by atoms with E-state index in [9.17, 15) is 9.59 Å². The van der Waals surface area contributed by atoms with E-state index in [4.69, 9.17) is 14.7 Å². The molecular formula is C24H32N2O5S2. The molecule has 180 valence electrons. The molecule has 2 aliphatic rings. The van der Waals surface area contributed by atoms with Crippen LogP contribution in [-0.2, 0) is 25.6 Å². The second-order valence-corrected chi connectivity index (χ2v) is 10.8. The zero-order valence-corrected chi connectivity index (χ0v) is 20.3. The first-order chi connectivity index (χ1) is 16.1. The molecule has 2 heterocycles. The summed E-state index contributed by atoms with van der Waals surface area (Å²) in [5.74, 6) is -0.110. The Bertz CT molecular complexity index is 799. The minimum Gasteiger partial charge on any atom is -0.480 e. The number of aryl methyl sites for hydroxylation is 1. The number of nitrogens with one attached hydrogen (secondary N) is 1. The summed E-state index contributed by atoms with van der Waals surface area (Å²) in [4.78, 5) is 30.9. The highest BCUT2D eigenvalue weighted by Crippen LogP contribution is 2.38. The Morgan fingerprint density at radius 3 is 2.85 bits per heavy atom. The van der Waals surface area contributed by atoms with Crippen molar-refractivity contribution in [1.29, 1.82) is 0 Å². The minimum atomic E-state index is -0.837. The van der Waals surface area contributed by atoms with Gasteiger partial charge in [0.1, 0.15) is 0 Å². The summed E-state index contributed by atoms with van der Waals surface area (Å²) < 4.78 is 5.59. The van der Waals surface area contributed by atoms with Crippen LogP contribution in [0.1, 0.15) is 31.2 Å². The molecule has 3 atom stereocenters. The number of carbonyl (C=O) groups excluding carboxylic acids is 1. The summed E-state index contributed by atoms with van der Waals surface area (Å²) in [6.45, 7) is 1.10. The molecule has 0 radical (unpaired) electrons. The summed E-state index contributed by atoms with van der Waals surface area (Å²) >= 11 is 0. The molecule has 9 heteroatoms. The molecule has 0 saturated carbocycles. The average Bonchev–Trinajstić information content (AvgIpc) is 3.48. The Labute approximate surface area is 203 Å². The summed E-state index contributed by atoms with van der Waals surface area (Å²) in [5, 5.41) is 9.56. The predicted octanol–water partition coefficient (Wildman–Crippen LogP) is 3.82. The number of carbonyl (C=O) groups is 2. The molecule has 3 unspecified atom stereocenters. The van der Waals surface area contributed by atoms with Crippen molar-refractivity contribution in [3.8, 4) is 0 Å². The maximum absolute atomic E-state index is 12.3. The number of benzene rings is 1. The number of nitrogens with zero attached hydrogens (tertiary/aromatic N) is 1. The third-order valence-corrected chi connectivity index (χ3v) is 8.30. The van der Waals surface area contributed by atoms with Gasteiger partial charge in [0.15, 0.2) is 6.23 Å². The topological polar surface area (TPSA) is 88.1 Å². The van der Waals surface area contributed by atoms with Crippen LogP contribution in [0.25, 0.3) is 0 Å². The normalized spacial score (nSPS) is 22.3. The van der Waals surface area contributed by atoms with Gasteiger partial charge in [-0.05, 0) is 37.8 Å². The molecule has 2 aliphatic heterocycles. The monoisotopic (exact) mass is 492 g/mol. The molecule has 0 aromatic heterocycles. The zero-order chi connectivity index (χ0) is 23.3. The van der Waals surface area contributed by atoms with Crippen LogP contribution in [0.5, 0.6) is 0 Å². The Balaban J connectivity index is 1.48. The summed E-state index contributed by atoms with van der Waals surface area (Å²) in [6, 6.07) is 10.0. The van der Waals surface area contributed by atoms with Gasteiger partial charge in [-0.1, -0.05) is 70.1 Å². The van der Waals surface area contributed by atoms with Crippen LogP contribution in [0.15, 0.2) is 54.6 Å². The number of carboxylic acid groups (broad SMARTS) is 1. The number of hydrogen-bond acceptors (Lipinski definition) is 8. The second kappa shape index (κ2) is 14.5. The van der Waals surface area contributed by atoms with Gasteiger partial charge in [-0.15, -0.1) is 0 Å². The van der Waals surface area contributed by atoms with Gasteiger partial charge in [0.25, 0.3) is 0 Å². The Morgan fingerprint density at radius 1 is 1.24 bits per heavy atom. The highest BCUT2D eigenvalue weighted by Gasteiger charge is 2.26. The number of hydroxylamine groups is 1. The molecule has 7 nitrogen and oxygen atoms in total. The van der Waals surface area contributed by atoms with E-state index in [0.29, 0.717) is 18.3 Å². The molecule has 1 aromatic carbocycles. The highest BCUT2D eigenvalue weighted by molar-refractivity contribution is 8.77. The van der Waals surface area contributed by atoms with E-state index < -0.39 is 18.2 Å². The molecule has 0 amide bonds. The van der Waals surface area contributed by atoms with Crippen molar-refractivity contribution in [2.24, 2.45) is 0 Å². The van der Waals surface area contributed by atoms with Crippen molar-refractivity contribution in [1.82, 2.24) is 10.4 Å². The molecule has 3 rings (SSSR count). The maximum atomic E-state index is 12.3. The Kier molecular flexibility index (Phi) is 11.3. The standard InChI is InChI=1S/C24H32N2O5S2/c27-23(28)17-26-15-6-9-20(26)18-30-25-22(13-12-19-7-2-1-3-8-19)31-24(29)11-5-4-10-21-14-16-32-33-21/h1-5,7-8,10-11,20-22,25H,6,9,12-18H2,(H,27,28)/b10-4+,11-5+. The third-order valence-electron chi connectivity index (χ3n) is 5.47. The van der Waals surface area contributed by atoms with Crippen LogP contribution in [0.2, 0.25) is 0 Å². The van der Waals surface area contributed by atoms with Crippen molar-refractivity contribution in [3.05, 3.63) is 60.2 Å². The third kappa shape index (κ3) is 9.93. The first kappa shape index (κ1) is 25.8. The fourth-order valence-electron chi connectivity index (χ4n) is 3.77. The SMILES string of the molecule is O=C(O)CN1CCCC1CONC(CCc1ccccc1)OC(=O)/C=C/C=C/C1CCSS1. The van der Waals surface area contributed by atoms with Gasteiger partial charge >= 0.3 is 11.9 Å². The summed E-state index contributed by atoms with van der Waals surface area (Å²) in [5.41, 5.74) is 4.03. The lowest BCUT2D eigenvalue weighted by atomic mass is 10.1. The fourth-order valence-corrected chi connectivity index (χ4v) is 6.49. The quantitative estimate of drug-likeness (QED) is 0.107. The number of carboxylic acids is 1. The second-order valence-electron chi connectivity index (χ2n) is 8.03. The lowest BCUT2D eigenvalue weighted by molar-refractivity contribution is -0.157. The lowest BCUT2D eigenvalue weighted by Gasteiger charge is -2.24. The van der Waals surface area contributed by atoms with Gasteiger partial charge in [-0.3, -0.25) is 14.5 Å². The Hall–Kier alpha value is -1.78. The van der Waals surface area contributed by atoms with Gasteiger partial charge in [0.05, 0.1) is 13.2 Å². The largest absolute Gasteiger partial charge is 0.480 e. The van der Waals surface area contributed by atoms with Gasteiger partial charge < -0.3 is 9.84 Å². The number of rotatable bonds is 13. The van der Waals surface area contributed by atoms with Crippen LogP contribution >= 0.6 is 21.6 Å². The summed E-state index contributed by atoms with van der Waals surface area (Å²) in [7, 11) is 3.73. The van der Waals surface area contributed by atoms with E-state index in [1.165, 1.54) is 6.08 Å². The minimum absolute atomic E-state index is 0.0107. The van der Waals surface area contributed by atoms with Crippen LogP contribution in [-0.4, -0.2) is 64.9 Å². The van der Waals surface area contributed by atoms with E-state index in [1.807, 2.05) is 62.9 Å². The number of likely N-dealkylation sites (tertiary alicyclic amines) is 1. The molecule has 0 aliphatic carbocycles. The molecule has 0 bridgehead atoms. The van der Waals surface area contributed by atoms with E-state index in [-0.39, 0.29) is 12.6 Å². The Morgan fingerprint density at radius 2 is 2.09 bits per heavy atom. The predicted molar refractivity (Wildman–Crippen MR) is 133 cm³/mol. The zero-order valence-electron chi connectivity index (χ0n) is 18.6. The smallest absolute Gasteiger partial charge is 0.332 e. The maximum Gasteiger partial charge on any atom is 0.332 e. The molecule has 1 aromatic rings. The number of esters is 1. The number of aliphatic carboxylic acids is 1. The molecule has 2 N–H and O–H groups in total. The molecule has 2 fully saturated rings. The molecule has 2 saturated heterocycles. The van der Waals surface area contributed by atoms with Crippen molar-refractivity contribution in [2.75, 3.05) is 25.4 Å². The van der Waals surface area contributed by atoms with E-state index >= 15 is 0 Å². The van der Waals surface area contributed by atoms with Crippen LogP contribution in [0, 0.1) is 0 Å². The van der Waals surface area contributed by atoms with Crippen molar-refractivity contribution in [2.45, 2.75) is 49.6 Å². The van der Waals surface area contributed by atoms with Gasteiger partial charge in [-0.2, -0.15) is 5.48 Å². The average molecular weight is 493 g/mol. The first-order valence-electron chi connectivity index (χ1n) is 11.3. The van der Waals surface area contributed by atoms with Crippen molar-refractivity contribution >= 4 is 33.5 Å². The van der Waals surface area contributed by atoms with Crippen LogP contribution < -0.4 is 5.48 Å². The summed E-state index contributed by atoms with van der Waals surface area (Å²) in [6.07, 6.45) is 10.8. The molecule has 0 spiro atoms. The number of allylic oxidation sites excluding steroid dienone is 2. The van der Waals surface area contributed by atoms with E-state index in [0.717, 1.165) is 43.5 Å². The lowest BCUT2D eigenvalue weighted by Crippen LogP contribution is -2.41. The van der Waals surface area contributed by atoms with Gasteiger partial charge in [0, 0.05) is 29.5 Å². The first-order valence-corrected chi connectivity index (χ1v) is 13.7. The van der Waals surface area contributed by atoms with Crippen molar-refractivity contribution in [3.63, 3.8) is 0 Å². The molecule has 33 heavy (non-hydrogen) atoms.